The van der Waals surface area contributed by atoms with Gasteiger partial charge in [-0.3, -0.25) is 9.59 Å². The molecule has 0 bridgehead atoms. The second-order valence-corrected chi connectivity index (χ2v) is 4.85. The van der Waals surface area contributed by atoms with Crippen molar-refractivity contribution in [3.05, 3.63) is 29.3 Å². The van der Waals surface area contributed by atoms with Crippen molar-refractivity contribution in [2.75, 3.05) is 25.0 Å². The molecule has 1 aromatic rings. The fourth-order valence-corrected chi connectivity index (χ4v) is 2.55. The minimum atomic E-state index is -0.773. The zero-order valence-corrected chi connectivity index (χ0v) is 11.2. The van der Waals surface area contributed by atoms with E-state index in [2.05, 4.69) is 5.32 Å². The number of carbonyl (C=O) groups excluding carboxylic acids is 2. The Balaban J connectivity index is 2.27. The molecular formula is C14H16F2N2O2. The highest BCUT2D eigenvalue weighted by Crippen LogP contribution is 2.29. The Labute approximate surface area is 115 Å². The number of piperidine rings is 1. The van der Waals surface area contributed by atoms with Gasteiger partial charge in [-0.15, -0.1) is 0 Å². The molecule has 0 aliphatic carbocycles. The van der Waals surface area contributed by atoms with Gasteiger partial charge in [0.15, 0.2) is 0 Å². The van der Waals surface area contributed by atoms with Gasteiger partial charge in [-0.25, -0.2) is 8.78 Å². The van der Waals surface area contributed by atoms with Gasteiger partial charge >= 0.3 is 0 Å². The van der Waals surface area contributed by atoms with Crippen LogP contribution in [0.4, 0.5) is 14.5 Å². The molecule has 1 amide bonds. The fourth-order valence-electron chi connectivity index (χ4n) is 2.55. The van der Waals surface area contributed by atoms with Crippen LogP contribution in [0.2, 0.25) is 0 Å². The van der Waals surface area contributed by atoms with Gasteiger partial charge in [0.2, 0.25) is 5.91 Å². The third-order valence-corrected chi connectivity index (χ3v) is 3.53. The second kappa shape index (κ2) is 5.98. The number of amides is 1. The van der Waals surface area contributed by atoms with Crippen LogP contribution in [-0.2, 0) is 4.79 Å². The SMILES string of the molecule is CNC(=O)C1CCCN(c2c(F)cc(C=O)cc2F)C1. The van der Waals surface area contributed by atoms with E-state index in [9.17, 15) is 18.4 Å². The van der Waals surface area contributed by atoms with Crippen molar-refractivity contribution in [1.29, 1.82) is 0 Å². The van der Waals surface area contributed by atoms with Gasteiger partial charge in [-0.1, -0.05) is 0 Å². The second-order valence-electron chi connectivity index (χ2n) is 4.85. The molecule has 0 spiro atoms. The lowest BCUT2D eigenvalue weighted by Gasteiger charge is -2.33. The maximum atomic E-state index is 14.0. The average Bonchev–Trinajstić information content (AvgIpc) is 2.45. The smallest absolute Gasteiger partial charge is 0.224 e. The number of hydrogen-bond acceptors (Lipinski definition) is 3. The molecule has 1 aromatic carbocycles. The molecule has 1 unspecified atom stereocenters. The number of aldehydes is 1. The van der Waals surface area contributed by atoms with Crippen LogP contribution in [0.25, 0.3) is 0 Å². The third-order valence-electron chi connectivity index (χ3n) is 3.53. The lowest BCUT2D eigenvalue weighted by Crippen LogP contribution is -2.42. The summed E-state index contributed by atoms with van der Waals surface area (Å²) in [6.45, 7) is 0.760. The number of halogens is 2. The summed E-state index contributed by atoms with van der Waals surface area (Å²) in [6.07, 6.45) is 1.79. The molecule has 108 valence electrons. The van der Waals surface area contributed by atoms with E-state index in [1.807, 2.05) is 0 Å². The first kappa shape index (κ1) is 14.4. The van der Waals surface area contributed by atoms with Gasteiger partial charge in [0.05, 0.1) is 5.92 Å². The maximum absolute atomic E-state index is 14.0. The van der Waals surface area contributed by atoms with Crippen LogP contribution in [0.5, 0.6) is 0 Å². The summed E-state index contributed by atoms with van der Waals surface area (Å²) in [7, 11) is 1.54. The molecule has 1 aliphatic rings. The van der Waals surface area contributed by atoms with E-state index in [0.717, 1.165) is 12.1 Å². The molecule has 4 nitrogen and oxygen atoms in total. The Bertz CT molecular complexity index is 511. The lowest BCUT2D eigenvalue weighted by molar-refractivity contribution is -0.124. The maximum Gasteiger partial charge on any atom is 0.224 e. The number of nitrogens with one attached hydrogen (secondary N) is 1. The predicted molar refractivity (Wildman–Crippen MR) is 70.7 cm³/mol. The first-order valence-electron chi connectivity index (χ1n) is 6.47. The fraction of sp³-hybridized carbons (Fsp3) is 0.429. The molecule has 6 heteroatoms. The first-order chi connectivity index (χ1) is 9.56. The Hall–Kier alpha value is -1.98. The minimum Gasteiger partial charge on any atom is -0.366 e. The van der Waals surface area contributed by atoms with E-state index in [0.29, 0.717) is 25.7 Å². The van der Waals surface area contributed by atoms with Crippen LogP contribution in [0.1, 0.15) is 23.2 Å². The summed E-state index contributed by atoms with van der Waals surface area (Å²) in [6, 6.07) is 2.02. The van der Waals surface area contributed by atoms with Crippen molar-refractivity contribution in [1.82, 2.24) is 5.32 Å². The van der Waals surface area contributed by atoms with Gasteiger partial charge in [0.25, 0.3) is 0 Å². The van der Waals surface area contributed by atoms with Crippen LogP contribution in [0.15, 0.2) is 12.1 Å². The van der Waals surface area contributed by atoms with Crippen LogP contribution in [0.3, 0.4) is 0 Å². The molecule has 0 aromatic heterocycles. The summed E-state index contributed by atoms with van der Waals surface area (Å²) in [4.78, 5) is 23.8. The lowest BCUT2D eigenvalue weighted by atomic mass is 9.96. The zero-order valence-electron chi connectivity index (χ0n) is 11.2. The number of rotatable bonds is 3. The molecule has 1 fully saturated rings. The van der Waals surface area contributed by atoms with E-state index >= 15 is 0 Å². The molecule has 0 radical (unpaired) electrons. The van der Waals surface area contributed by atoms with Gasteiger partial charge in [-0.05, 0) is 25.0 Å². The van der Waals surface area contributed by atoms with Crippen molar-refractivity contribution in [3.63, 3.8) is 0 Å². The molecule has 1 heterocycles. The van der Waals surface area contributed by atoms with Crippen molar-refractivity contribution in [3.8, 4) is 0 Å². The average molecular weight is 282 g/mol. The predicted octanol–water partition coefficient (Wildman–Crippen LogP) is 1.74. The minimum absolute atomic E-state index is 0.0383. The van der Waals surface area contributed by atoms with Gasteiger partial charge in [0, 0.05) is 25.7 Å². The van der Waals surface area contributed by atoms with Gasteiger partial charge in [0.1, 0.15) is 23.6 Å². The number of carbonyl (C=O) groups is 2. The number of nitrogens with zero attached hydrogens (tertiary/aromatic N) is 1. The van der Waals surface area contributed by atoms with Gasteiger partial charge < -0.3 is 10.2 Å². The topological polar surface area (TPSA) is 49.4 Å². The monoisotopic (exact) mass is 282 g/mol. The van der Waals surface area contributed by atoms with E-state index < -0.39 is 11.6 Å². The highest BCUT2D eigenvalue weighted by atomic mass is 19.1. The van der Waals surface area contributed by atoms with Crippen LogP contribution < -0.4 is 10.2 Å². The quantitative estimate of drug-likeness (QED) is 0.859. The molecular weight excluding hydrogens is 266 g/mol. The standard InChI is InChI=1S/C14H16F2N2O2/c1-17-14(20)10-3-2-4-18(7-10)13-11(15)5-9(8-19)6-12(13)16/h5-6,8,10H,2-4,7H2,1H3,(H,17,20). The first-order valence-corrected chi connectivity index (χ1v) is 6.47. The van der Waals surface area contributed by atoms with Crippen LogP contribution >= 0.6 is 0 Å². The zero-order chi connectivity index (χ0) is 14.7. The number of benzene rings is 1. The highest BCUT2D eigenvalue weighted by Gasteiger charge is 2.28. The largest absolute Gasteiger partial charge is 0.366 e. The van der Waals surface area contributed by atoms with Crippen LogP contribution in [-0.4, -0.2) is 32.3 Å². The normalized spacial score (nSPS) is 18.8. The highest BCUT2D eigenvalue weighted by molar-refractivity contribution is 5.79. The molecule has 1 N–H and O–H groups in total. The molecule has 1 aliphatic heterocycles. The Morgan fingerprint density at radius 2 is 2.05 bits per heavy atom. The summed E-state index contributed by atoms with van der Waals surface area (Å²) in [5.74, 6) is -1.95. The Kier molecular flexibility index (Phi) is 4.32. The Morgan fingerprint density at radius 1 is 1.40 bits per heavy atom. The van der Waals surface area contributed by atoms with Crippen molar-refractivity contribution >= 4 is 17.9 Å². The van der Waals surface area contributed by atoms with Crippen molar-refractivity contribution in [2.45, 2.75) is 12.8 Å². The van der Waals surface area contributed by atoms with Gasteiger partial charge in [-0.2, -0.15) is 0 Å². The van der Waals surface area contributed by atoms with Crippen molar-refractivity contribution < 1.29 is 18.4 Å². The van der Waals surface area contributed by atoms with E-state index in [1.54, 1.807) is 7.05 Å². The molecule has 0 saturated carbocycles. The van der Waals surface area contributed by atoms with Crippen molar-refractivity contribution in [2.24, 2.45) is 5.92 Å². The van der Waals surface area contributed by atoms with E-state index in [-0.39, 0.29) is 29.6 Å². The molecule has 20 heavy (non-hydrogen) atoms. The molecule has 1 atom stereocenters. The third kappa shape index (κ3) is 2.79. The van der Waals surface area contributed by atoms with E-state index in [4.69, 9.17) is 0 Å². The Morgan fingerprint density at radius 3 is 2.60 bits per heavy atom. The van der Waals surface area contributed by atoms with E-state index in [1.165, 1.54) is 4.90 Å². The summed E-state index contributed by atoms with van der Waals surface area (Å²) in [5.41, 5.74) is -0.201. The number of anilines is 1. The summed E-state index contributed by atoms with van der Waals surface area (Å²) >= 11 is 0. The molecule has 2 rings (SSSR count). The summed E-state index contributed by atoms with van der Waals surface area (Å²) < 4.78 is 27.9. The molecule has 1 saturated heterocycles. The number of hydrogen-bond donors (Lipinski definition) is 1. The van der Waals surface area contributed by atoms with Crippen LogP contribution in [0, 0.1) is 17.6 Å². The summed E-state index contributed by atoms with van der Waals surface area (Å²) in [5, 5.41) is 2.55.